The number of carbonyl (C=O) groups is 1. The lowest BCUT2D eigenvalue weighted by Crippen LogP contribution is -2.27. The van der Waals surface area contributed by atoms with Gasteiger partial charge in [0.25, 0.3) is 0 Å². The van der Waals surface area contributed by atoms with Gasteiger partial charge >= 0.3 is 5.97 Å². The molecule has 6 nitrogen and oxygen atoms in total. The molecule has 106 valence electrons. The van der Waals surface area contributed by atoms with Gasteiger partial charge in [0.1, 0.15) is 5.82 Å². The Labute approximate surface area is 116 Å². The lowest BCUT2D eigenvalue weighted by atomic mass is 10.1. The molecule has 19 heavy (non-hydrogen) atoms. The maximum Gasteiger partial charge on any atom is 0.313 e. The van der Waals surface area contributed by atoms with Crippen LogP contribution in [0.4, 0.5) is 0 Å². The smallest absolute Gasteiger partial charge is 0.313 e. The summed E-state index contributed by atoms with van der Waals surface area (Å²) in [4.78, 5) is 10.7. The van der Waals surface area contributed by atoms with Gasteiger partial charge in [-0.3, -0.25) is 4.79 Å². The third-order valence-corrected chi connectivity index (χ3v) is 4.04. The van der Waals surface area contributed by atoms with Gasteiger partial charge in [-0.2, -0.15) is 0 Å². The summed E-state index contributed by atoms with van der Waals surface area (Å²) in [7, 11) is 1.68. The van der Waals surface area contributed by atoms with Crippen molar-refractivity contribution >= 4 is 17.7 Å². The number of carboxylic acids is 1. The zero-order valence-electron chi connectivity index (χ0n) is 11.4. The summed E-state index contributed by atoms with van der Waals surface area (Å²) >= 11 is 1.23. The van der Waals surface area contributed by atoms with Gasteiger partial charge < -0.3 is 14.4 Å². The average molecular weight is 285 g/mol. The van der Waals surface area contributed by atoms with Gasteiger partial charge in [-0.25, -0.2) is 0 Å². The molecule has 1 aliphatic carbocycles. The Kier molecular flexibility index (Phi) is 4.15. The molecule has 0 bridgehead atoms. The van der Waals surface area contributed by atoms with E-state index in [0.29, 0.717) is 17.6 Å². The van der Waals surface area contributed by atoms with E-state index in [9.17, 15) is 4.79 Å². The zero-order chi connectivity index (χ0) is 14.0. The number of carboxylic acid groups (broad SMARTS) is 1. The van der Waals surface area contributed by atoms with Crippen LogP contribution in [0, 0.1) is 0 Å². The van der Waals surface area contributed by atoms with Crippen LogP contribution in [0.1, 0.15) is 38.6 Å². The number of thioether (sulfide) groups is 1. The predicted molar refractivity (Wildman–Crippen MR) is 71.4 cm³/mol. The Bertz CT molecular complexity index is 469. The molecular formula is C12H19N3O3S. The van der Waals surface area contributed by atoms with Crippen LogP contribution in [-0.4, -0.2) is 44.3 Å². The largest absolute Gasteiger partial charge is 0.481 e. The van der Waals surface area contributed by atoms with Crippen molar-refractivity contribution in [1.29, 1.82) is 0 Å². The van der Waals surface area contributed by atoms with E-state index in [-0.39, 0.29) is 11.4 Å². The fraction of sp³-hybridized carbons (Fsp3) is 0.750. The molecular weight excluding hydrogens is 266 g/mol. The second-order valence-electron chi connectivity index (χ2n) is 5.32. The van der Waals surface area contributed by atoms with E-state index in [1.807, 2.05) is 13.8 Å². The second-order valence-corrected chi connectivity index (χ2v) is 6.27. The molecule has 0 radical (unpaired) electrons. The van der Waals surface area contributed by atoms with Crippen LogP contribution in [-0.2, 0) is 16.0 Å². The fourth-order valence-electron chi connectivity index (χ4n) is 1.81. The summed E-state index contributed by atoms with van der Waals surface area (Å²) in [6.07, 6.45) is 2.89. The molecule has 1 aromatic rings. The summed E-state index contributed by atoms with van der Waals surface area (Å²) in [5.74, 6) is 0.0507. The van der Waals surface area contributed by atoms with Crippen LogP contribution in [0.15, 0.2) is 5.16 Å². The van der Waals surface area contributed by atoms with E-state index in [1.54, 1.807) is 7.11 Å². The number of aliphatic carboxylic acids is 1. The Morgan fingerprint density at radius 3 is 2.74 bits per heavy atom. The fourth-order valence-corrected chi connectivity index (χ4v) is 2.55. The number of nitrogens with zero attached hydrogens (tertiary/aromatic N) is 3. The first kappa shape index (κ1) is 14.3. The summed E-state index contributed by atoms with van der Waals surface area (Å²) in [5.41, 5.74) is -0.297. The van der Waals surface area contributed by atoms with E-state index >= 15 is 0 Å². The van der Waals surface area contributed by atoms with Crippen LogP contribution in [0.2, 0.25) is 0 Å². The van der Waals surface area contributed by atoms with Crippen LogP contribution in [0.25, 0.3) is 0 Å². The van der Waals surface area contributed by atoms with Gasteiger partial charge in [0.05, 0.1) is 11.4 Å². The first-order valence-corrected chi connectivity index (χ1v) is 7.25. The van der Waals surface area contributed by atoms with Gasteiger partial charge in [-0.1, -0.05) is 11.8 Å². The molecule has 1 aromatic heterocycles. The standard InChI is InChI=1S/C12H19N3O3S/c1-12(2,18-3)6-9-13-14-11(19-7-10(16)17)15(9)8-4-5-8/h8H,4-7H2,1-3H3,(H,16,17). The van der Waals surface area contributed by atoms with E-state index < -0.39 is 5.97 Å². The molecule has 0 amide bonds. The van der Waals surface area contributed by atoms with E-state index in [4.69, 9.17) is 9.84 Å². The lowest BCUT2D eigenvalue weighted by Gasteiger charge is -2.22. The van der Waals surface area contributed by atoms with Crippen molar-refractivity contribution < 1.29 is 14.6 Å². The number of aromatic nitrogens is 3. The topological polar surface area (TPSA) is 77.2 Å². The lowest BCUT2D eigenvalue weighted by molar-refractivity contribution is -0.133. The minimum atomic E-state index is -0.839. The van der Waals surface area contributed by atoms with Gasteiger partial charge in [0.2, 0.25) is 0 Å². The molecule has 0 spiro atoms. The summed E-state index contributed by atoms with van der Waals surface area (Å²) in [6.45, 7) is 4.01. The van der Waals surface area contributed by atoms with Crippen molar-refractivity contribution in [3.05, 3.63) is 5.82 Å². The Hall–Kier alpha value is -1.08. The second kappa shape index (κ2) is 5.50. The molecule has 0 atom stereocenters. The van der Waals surface area contributed by atoms with Crippen LogP contribution in [0.3, 0.4) is 0 Å². The molecule has 1 aliphatic rings. The normalized spacial score (nSPS) is 15.7. The first-order chi connectivity index (χ1) is 8.93. The van der Waals surface area contributed by atoms with Crippen LogP contribution < -0.4 is 0 Å². The van der Waals surface area contributed by atoms with Gasteiger partial charge in [-0.05, 0) is 26.7 Å². The highest BCUT2D eigenvalue weighted by Crippen LogP contribution is 2.39. The summed E-state index contributed by atoms with van der Waals surface area (Å²) in [6, 6.07) is 0.425. The Morgan fingerprint density at radius 1 is 1.53 bits per heavy atom. The monoisotopic (exact) mass is 285 g/mol. The summed E-state index contributed by atoms with van der Waals surface area (Å²) in [5, 5.41) is 17.8. The minimum Gasteiger partial charge on any atom is -0.481 e. The molecule has 1 N–H and O–H groups in total. The number of methoxy groups -OCH3 is 1. The summed E-state index contributed by atoms with van der Waals surface area (Å²) < 4.78 is 7.50. The number of hydrogen-bond acceptors (Lipinski definition) is 5. The Balaban J connectivity index is 2.17. The quantitative estimate of drug-likeness (QED) is 0.769. The number of hydrogen-bond donors (Lipinski definition) is 1. The van der Waals surface area contributed by atoms with Crippen molar-refractivity contribution in [3.8, 4) is 0 Å². The highest BCUT2D eigenvalue weighted by atomic mass is 32.2. The van der Waals surface area contributed by atoms with Crippen molar-refractivity contribution in [3.63, 3.8) is 0 Å². The van der Waals surface area contributed by atoms with Crippen LogP contribution in [0.5, 0.6) is 0 Å². The molecule has 1 fully saturated rings. The molecule has 2 rings (SSSR count). The third-order valence-electron chi connectivity index (χ3n) is 3.11. The molecule has 1 saturated carbocycles. The molecule has 0 saturated heterocycles. The molecule has 7 heteroatoms. The predicted octanol–water partition coefficient (Wildman–Crippen LogP) is 1.76. The van der Waals surface area contributed by atoms with Crippen LogP contribution >= 0.6 is 11.8 Å². The molecule has 0 aliphatic heterocycles. The van der Waals surface area contributed by atoms with E-state index in [2.05, 4.69) is 14.8 Å². The van der Waals surface area contributed by atoms with Crippen molar-refractivity contribution in [2.24, 2.45) is 0 Å². The van der Waals surface area contributed by atoms with Gasteiger partial charge in [0, 0.05) is 19.6 Å². The number of rotatable bonds is 7. The van der Waals surface area contributed by atoms with E-state index in [1.165, 1.54) is 11.8 Å². The van der Waals surface area contributed by atoms with Gasteiger partial charge in [-0.15, -0.1) is 10.2 Å². The molecule has 0 aromatic carbocycles. The molecule has 1 heterocycles. The number of ether oxygens (including phenoxy) is 1. The highest BCUT2D eigenvalue weighted by Gasteiger charge is 2.32. The van der Waals surface area contributed by atoms with Crippen molar-refractivity contribution in [2.45, 2.75) is 49.9 Å². The minimum absolute atomic E-state index is 0.0124. The zero-order valence-corrected chi connectivity index (χ0v) is 12.2. The molecule has 0 unspecified atom stereocenters. The van der Waals surface area contributed by atoms with Crippen molar-refractivity contribution in [2.75, 3.05) is 12.9 Å². The third kappa shape index (κ3) is 3.70. The first-order valence-electron chi connectivity index (χ1n) is 6.26. The average Bonchev–Trinajstić information content (AvgIpc) is 3.10. The highest BCUT2D eigenvalue weighted by molar-refractivity contribution is 7.99. The Morgan fingerprint density at radius 2 is 2.21 bits per heavy atom. The van der Waals surface area contributed by atoms with E-state index in [0.717, 1.165) is 18.7 Å². The maximum absolute atomic E-state index is 10.7. The SMILES string of the molecule is COC(C)(C)Cc1nnc(SCC(=O)O)n1C1CC1. The van der Waals surface area contributed by atoms with Gasteiger partial charge in [0.15, 0.2) is 5.16 Å². The van der Waals surface area contributed by atoms with Crippen molar-refractivity contribution in [1.82, 2.24) is 14.8 Å². The maximum atomic E-state index is 10.7.